The highest BCUT2D eigenvalue weighted by Crippen LogP contribution is 2.46. The number of benzene rings is 7. The quantitative estimate of drug-likeness (QED) is 0.183. The lowest BCUT2D eigenvalue weighted by Crippen LogP contribution is -1.97. The molecule has 47 heavy (non-hydrogen) atoms. The smallest absolute Gasteiger partial charge is 0.145 e. The van der Waals surface area contributed by atoms with Crippen LogP contribution in [0.15, 0.2) is 176 Å². The summed E-state index contributed by atoms with van der Waals surface area (Å²) in [5.41, 5.74) is 8.57. The molecule has 7 aromatic carbocycles. The number of fused-ring (bicyclic) bond motifs is 3. The van der Waals surface area contributed by atoms with Gasteiger partial charge in [0, 0.05) is 29.2 Å². The zero-order chi connectivity index (χ0) is 35.5. The minimum atomic E-state index is -0.433. The van der Waals surface area contributed by atoms with E-state index in [1.54, 1.807) is 10.8 Å². The van der Waals surface area contributed by atoms with Crippen molar-refractivity contribution in [2.24, 2.45) is 0 Å². The molecule has 0 unspecified atom stereocenters. The Morgan fingerprint density at radius 2 is 1.13 bits per heavy atom. The van der Waals surface area contributed by atoms with Gasteiger partial charge in [-0.15, -0.1) is 0 Å². The zero-order valence-electron chi connectivity index (χ0n) is 30.2. The first-order chi connectivity index (χ1) is 25.4. The molecule has 0 aliphatic rings. The topological polar surface area (TPSA) is 30.7 Å². The second kappa shape index (κ2) is 11.2. The fourth-order valence-electron chi connectivity index (χ4n) is 6.82. The highest BCUT2D eigenvalue weighted by atomic mass is 15.1. The number of aromatic nitrogens is 3. The van der Waals surface area contributed by atoms with Gasteiger partial charge in [0.15, 0.2) is 0 Å². The standard InChI is InChI=1S/C44H29N3/c1-2-17-33(18-3-1)47-41-26-11-10-25-40(41)46-44(47)31-15-12-14-30(28-31)42-36-21-6-8-23-38(36)43(39-24-9-7-22-37(39)42)35-20-5-4-19-34(35)32-16-13-27-45-29-32/h1-29H/i1D,2D,3D,17D,18D. The summed E-state index contributed by atoms with van der Waals surface area (Å²) >= 11 is 0. The van der Waals surface area contributed by atoms with Gasteiger partial charge in [0.2, 0.25) is 0 Å². The van der Waals surface area contributed by atoms with Crippen molar-refractivity contribution in [3.05, 3.63) is 176 Å². The molecule has 2 aromatic heterocycles. The fourth-order valence-corrected chi connectivity index (χ4v) is 6.82. The maximum absolute atomic E-state index is 8.84. The van der Waals surface area contributed by atoms with E-state index in [1.165, 1.54) is 0 Å². The third-order valence-corrected chi connectivity index (χ3v) is 8.78. The van der Waals surface area contributed by atoms with Crippen LogP contribution in [0.25, 0.3) is 83.0 Å². The lowest BCUT2D eigenvalue weighted by Gasteiger charge is -2.20. The fraction of sp³-hybridized carbons (Fsp3) is 0. The molecule has 0 fully saturated rings. The number of rotatable bonds is 5. The van der Waals surface area contributed by atoms with Gasteiger partial charge in [0.25, 0.3) is 0 Å². The van der Waals surface area contributed by atoms with Crippen molar-refractivity contribution in [1.82, 2.24) is 14.5 Å². The van der Waals surface area contributed by atoms with E-state index in [1.807, 2.05) is 48.7 Å². The van der Waals surface area contributed by atoms with Gasteiger partial charge in [-0.1, -0.05) is 127 Å². The van der Waals surface area contributed by atoms with Gasteiger partial charge in [-0.3, -0.25) is 9.55 Å². The predicted octanol–water partition coefficient (Wildman–Crippen LogP) is 11.4. The second-order valence-electron chi connectivity index (χ2n) is 11.4. The average molecular weight is 605 g/mol. The third kappa shape index (κ3) is 4.52. The first-order valence-electron chi connectivity index (χ1n) is 18.0. The Bertz CT molecular complexity index is 2780. The Morgan fingerprint density at radius 3 is 1.85 bits per heavy atom. The molecule has 0 bridgehead atoms. The molecular weight excluding hydrogens is 571 g/mol. The van der Waals surface area contributed by atoms with Crippen LogP contribution in [0.4, 0.5) is 0 Å². The van der Waals surface area contributed by atoms with E-state index in [0.717, 1.165) is 60.5 Å². The lowest BCUT2D eigenvalue weighted by atomic mass is 9.84. The van der Waals surface area contributed by atoms with Crippen LogP contribution in [-0.4, -0.2) is 14.5 Å². The van der Waals surface area contributed by atoms with Crippen molar-refractivity contribution in [2.75, 3.05) is 0 Å². The molecule has 0 saturated carbocycles. The van der Waals surface area contributed by atoms with Crippen molar-refractivity contribution in [3.63, 3.8) is 0 Å². The van der Waals surface area contributed by atoms with E-state index in [-0.39, 0.29) is 17.8 Å². The molecule has 0 spiro atoms. The van der Waals surface area contributed by atoms with Crippen LogP contribution in [0.3, 0.4) is 0 Å². The van der Waals surface area contributed by atoms with Gasteiger partial charge in [-0.2, -0.15) is 0 Å². The summed E-state index contributed by atoms with van der Waals surface area (Å²) in [6, 6.07) is 43.3. The molecule has 3 nitrogen and oxygen atoms in total. The van der Waals surface area contributed by atoms with Crippen molar-refractivity contribution >= 4 is 32.6 Å². The van der Waals surface area contributed by atoms with Gasteiger partial charge in [0.1, 0.15) is 5.82 Å². The zero-order valence-corrected chi connectivity index (χ0v) is 25.2. The number of para-hydroxylation sites is 3. The molecule has 0 aliphatic heterocycles. The molecule has 2 heterocycles. The van der Waals surface area contributed by atoms with Crippen molar-refractivity contribution in [3.8, 4) is 50.5 Å². The molecule has 0 aliphatic carbocycles. The second-order valence-corrected chi connectivity index (χ2v) is 11.4. The number of pyridine rings is 1. The summed E-state index contributed by atoms with van der Waals surface area (Å²) in [5.74, 6) is 0.484. The van der Waals surface area contributed by atoms with E-state index >= 15 is 0 Å². The van der Waals surface area contributed by atoms with Crippen LogP contribution >= 0.6 is 0 Å². The van der Waals surface area contributed by atoms with E-state index in [9.17, 15) is 0 Å². The van der Waals surface area contributed by atoms with E-state index in [0.29, 0.717) is 16.9 Å². The SMILES string of the molecule is [2H]c1c([2H])c([2H])c(-n2c(-c3cccc(-c4c5ccccc5c(-c5ccccc5-c5cccnc5)c5ccccc45)c3)nc3ccccc32)c([2H])c1[2H]. The molecule has 0 amide bonds. The number of imidazole rings is 1. The summed E-state index contributed by atoms with van der Waals surface area (Å²) in [5, 5.41) is 4.41. The molecule has 9 aromatic rings. The minimum absolute atomic E-state index is 0.0626. The highest BCUT2D eigenvalue weighted by Gasteiger charge is 2.20. The van der Waals surface area contributed by atoms with Crippen LogP contribution < -0.4 is 0 Å². The third-order valence-electron chi connectivity index (χ3n) is 8.78. The molecule has 0 N–H and O–H groups in total. The molecule has 0 atom stereocenters. The Kier molecular flexibility index (Phi) is 5.32. The summed E-state index contributed by atoms with van der Waals surface area (Å²) in [4.78, 5) is 9.41. The van der Waals surface area contributed by atoms with E-state index in [2.05, 4.69) is 96.0 Å². The lowest BCUT2D eigenvalue weighted by molar-refractivity contribution is 1.10. The van der Waals surface area contributed by atoms with Crippen LogP contribution in [0.5, 0.6) is 0 Å². The Morgan fingerprint density at radius 1 is 0.511 bits per heavy atom. The molecule has 0 radical (unpaired) electrons. The molecule has 9 rings (SSSR count). The molecule has 3 heteroatoms. The first kappa shape index (κ1) is 22.2. The van der Waals surface area contributed by atoms with Crippen molar-refractivity contribution in [2.45, 2.75) is 0 Å². The minimum Gasteiger partial charge on any atom is -0.292 e. The average Bonchev–Trinajstić information content (AvgIpc) is 3.58. The van der Waals surface area contributed by atoms with Gasteiger partial charge in [0.05, 0.1) is 17.9 Å². The summed E-state index contributed by atoms with van der Waals surface area (Å²) in [6.45, 7) is 0. The first-order valence-corrected chi connectivity index (χ1v) is 15.5. The van der Waals surface area contributed by atoms with Crippen LogP contribution in [0.2, 0.25) is 0 Å². The van der Waals surface area contributed by atoms with E-state index < -0.39 is 18.1 Å². The highest BCUT2D eigenvalue weighted by molar-refractivity contribution is 6.22. The molecular formula is C44H29N3. The Labute approximate surface area is 280 Å². The maximum Gasteiger partial charge on any atom is 0.145 e. The maximum atomic E-state index is 8.84. The molecule has 220 valence electrons. The Balaban J connectivity index is 1.32. The summed E-state index contributed by atoms with van der Waals surface area (Å²) < 4.78 is 44.4. The number of hydrogen-bond donors (Lipinski definition) is 0. The van der Waals surface area contributed by atoms with Crippen LogP contribution in [0, 0.1) is 0 Å². The normalized spacial score (nSPS) is 12.9. The van der Waals surface area contributed by atoms with Gasteiger partial charge >= 0.3 is 0 Å². The number of hydrogen-bond acceptors (Lipinski definition) is 2. The van der Waals surface area contributed by atoms with E-state index in [4.69, 9.17) is 11.8 Å². The van der Waals surface area contributed by atoms with Crippen molar-refractivity contribution < 1.29 is 6.85 Å². The van der Waals surface area contributed by atoms with Crippen molar-refractivity contribution in [1.29, 1.82) is 0 Å². The summed E-state index contributed by atoms with van der Waals surface area (Å²) in [7, 11) is 0. The summed E-state index contributed by atoms with van der Waals surface area (Å²) in [6.07, 6.45) is 3.69. The van der Waals surface area contributed by atoms with Crippen LogP contribution in [0.1, 0.15) is 6.85 Å². The largest absolute Gasteiger partial charge is 0.292 e. The van der Waals surface area contributed by atoms with Gasteiger partial charge < -0.3 is 0 Å². The number of nitrogens with zero attached hydrogens (tertiary/aromatic N) is 3. The van der Waals surface area contributed by atoms with Gasteiger partial charge in [-0.25, -0.2) is 4.98 Å². The predicted molar refractivity (Wildman–Crippen MR) is 196 cm³/mol. The molecule has 0 saturated heterocycles. The monoisotopic (exact) mass is 604 g/mol. The van der Waals surface area contributed by atoms with Gasteiger partial charge in [-0.05, 0) is 85.7 Å². The Hall–Kier alpha value is -6.32. The van der Waals surface area contributed by atoms with Crippen LogP contribution in [-0.2, 0) is 0 Å².